The summed E-state index contributed by atoms with van der Waals surface area (Å²) in [5.41, 5.74) is -0.136. The number of nitrogens with zero attached hydrogens (tertiary/aromatic N) is 1. The van der Waals surface area contributed by atoms with Crippen molar-refractivity contribution in [1.29, 1.82) is 0 Å². The van der Waals surface area contributed by atoms with Crippen LogP contribution in [-0.4, -0.2) is 10.2 Å². The number of nitrogens with one attached hydrogen (secondary N) is 1. The molecular weight excluding hydrogens is 300 g/mol. The van der Waals surface area contributed by atoms with Gasteiger partial charge in [-0.3, -0.25) is 4.79 Å². The van der Waals surface area contributed by atoms with Crippen LogP contribution < -0.4 is 10.3 Å². The van der Waals surface area contributed by atoms with Crippen molar-refractivity contribution in [2.45, 2.75) is 0 Å². The summed E-state index contributed by atoms with van der Waals surface area (Å²) in [6, 6.07) is 26.9. The van der Waals surface area contributed by atoms with Gasteiger partial charge in [-0.15, -0.1) is 0 Å². The zero-order valence-corrected chi connectivity index (χ0v) is 12.9. The summed E-state index contributed by atoms with van der Waals surface area (Å²) in [5.74, 6) is 1.74. The van der Waals surface area contributed by atoms with Gasteiger partial charge < -0.3 is 4.74 Å². The Kier molecular flexibility index (Phi) is 5.00. The predicted molar refractivity (Wildman–Crippen MR) is 95.3 cm³/mol. The Morgan fingerprint density at radius 2 is 1.25 bits per heavy atom. The molecule has 24 heavy (non-hydrogen) atoms. The highest BCUT2D eigenvalue weighted by Gasteiger charge is 1.94. The zero-order chi connectivity index (χ0) is 16.6. The molecule has 0 spiro atoms. The lowest BCUT2D eigenvalue weighted by Crippen LogP contribution is -2.06. The molecule has 3 aromatic carbocycles. The molecule has 0 aliphatic rings. The van der Waals surface area contributed by atoms with Gasteiger partial charge in [0.1, 0.15) is 11.5 Å². The first kappa shape index (κ1) is 15.5. The van der Waals surface area contributed by atoms with Crippen LogP contribution in [-0.2, 0) is 0 Å². The fraction of sp³-hybridized carbons (Fsp3) is 0. The lowest BCUT2D eigenvalue weighted by molar-refractivity contribution is 0.482. The van der Waals surface area contributed by atoms with E-state index in [1.165, 1.54) is 0 Å². The lowest BCUT2D eigenvalue weighted by Gasteiger charge is -2.03. The van der Waals surface area contributed by atoms with Crippen molar-refractivity contribution >= 4 is 10.8 Å². The summed E-state index contributed by atoms with van der Waals surface area (Å²) in [5, 5.41) is 7.60. The molecule has 0 saturated carbocycles. The van der Waals surface area contributed by atoms with E-state index in [4.69, 9.17) is 4.74 Å². The van der Waals surface area contributed by atoms with Crippen molar-refractivity contribution in [1.82, 2.24) is 10.2 Å². The Balaban J connectivity index is 0.000000143. The van der Waals surface area contributed by atoms with Crippen LogP contribution in [0.2, 0.25) is 0 Å². The quantitative estimate of drug-likeness (QED) is 0.596. The van der Waals surface area contributed by atoms with Crippen molar-refractivity contribution < 1.29 is 4.74 Å². The van der Waals surface area contributed by atoms with E-state index in [0.717, 1.165) is 16.9 Å². The largest absolute Gasteiger partial charge is 0.457 e. The smallest absolute Gasteiger partial charge is 0.272 e. The third-order valence-corrected chi connectivity index (χ3v) is 3.30. The number of hydrogen-bond acceptors (Lipinski definition) is 3. The van der Waals surface area contributed by atoms with Crippen LogP contribution in [0.15, 0.2) is 95.9 Å². The molecule has 0 radical (unpaired) electrons. The van der Waals surface area contributed by atoms with Crippen LogP contribution in [0.1, 0.15) is 0 Å². The molecule has 1 aromatic heterocycles. The van der Waals surface area contributed by atoms with E-state index in [1.807, 2.05) is 78.9 Å². The molecule has 4 heteroatoms. The minimum atomic E-state index is -0.136. The Labute approximate surface area is 139 Å². The van der Waals surface area contributed by atoms with Gasteiger partial charge in [0.2, 0.25) is 0 Å². The molecule has 4 aromatic rings. The fourth-order valence-electron chi connectivity index (χ4n) is 2.15. The summed E-state index contributed by atoms with van der Waals surface area (Å²) >= 11 is 0. The number of H-pyrrole nitrogens is 1. The molecule has 4 nitrogen and oxygen atoms in total. The maximum Gasteiger partial charge on any atom is 0.272 e. The number of aromatic amines is 1. The van der Waals surface area contributed by atoms with Crippen molar-refractivity contribution in [2.24, 2.45) is 0 Å². The minimum absolute atomic E-state index is 0.136. The number of para-hydroxylation sites is 2. The van der Waals surface area contributed by atoms with Crippen LogP contribution in [0, 0.1) is 0 Å². The standard InChI is InChI=1S/C12H10O.C8H6N2O/c1-3-7-11(8-4-1)13-12-9-5-2-6-10-12;11-8-7-4-2-1-3-6(7)5-9-10-8/h1-10H;1-5H,(H,10,11). The van der Waals surface area contributed by atoms with Crippen molar-refractivity contribution in [3.05, 3.63) is 101 Å². The van der Waals surface area contributed by atoms with Gasteiger partial charge in [-0.1, -0.05) is 54.6 Å². The molecule has 0 amide bonds. The van der Waals surface area contributed by atoms with E-state index in [9.17, 15) is 4.79 Å². The monoisotopic (exact) mass is 316 g/mol. The third kappa shape index (κ3) is 4.08. The summed E-state index contributed by atoms with van der Waals surface area (Å²) in [4.78, 5) is 11.1. The number of rotatable bonds is 2. The van der Waals surface area contributed by atoms with Crippen LogP contribution in [0.4, 0.5) is 0 Å². The Morgan fingerprint density at radius 1 is 0.708 bits per heavy atom. The number of benzene rings is 3. The van der Waals surface area contributed by atoms with E-state index >= 15 is 0 Å². The zero-order valence-electron chi connectivity index (χ0n) is 12.9. The van der Waals surface area contributed by atoms with Gasteiger partial charge in [0, 0.05) is 10.8 Å². The topological polar surface area (TPSA) is 55.0 Å². The van der Waals surface area contributed by atoms with Gasteiger partial charge in [0.25, 0.3) is 5.56 Å². The highest BCUT2D eigenvalue weighted by molar-refractivity contribution is 5.80. The second-order valence-corrected chi connectivity index (χ2v) is 5.01. The van der Waals surface area contributed by atoms with E-state index in [0.29, 0.717) is 5.39 Å². The third-order valence-electron chi connectivity index (χ3n) is 3.30. The summed E-state index contributed by atoms with van der Waals surface area (Å²) in [7, 11) is 0. The molecule has 0 unspecified atom stereocenters. The molecule has 4 rings (SSSR count). The Morgan fingerprint density at radius 3 is 1.83 bits per heavy atom. The van der Waals surface area contributed by atoms with Gasteiger partial charge >= 0.3 is 0 Å². The second kappa shape index (κ2) is 7.74. The second-order valence-electron chi connectivity index (χ2n) is 5.01. The Bertz CT molecular complexity index is 908. The van der Waals surface area contributed by atoms with Gasteiger partial charge in [0.15, 0.2) is 0 Å². The molecule has 1 heterocycles. The fourth-order valence-corrected chi connectivity index (χ4v) is 2.15. The average molecular weight is 316 g/mol. The highest BCUT2D eigenvalue weighted by atomic mass is 16.5. The molecule has 0 bridgehead atoms. The summed E-state index contributed by atoms with van der Waals surface area (Å²) < 4.78 is 5.58. The van der Waals surface area contributed by atoms with Gasteiger partial charge in [-0.05, 0) is 30.3 Å². The first-order valence-electron chi connectivity index (χ1n) is 7.53. The van der Waals surface area contributed by atoms with Crippen molar-refractivity contribution in [2.75, 3.05) is 0 Å². The summed E-state index contributed by atoms with van der Waals surface area (Å²) in [6.07, 6.45) is 1.64. The molecule has 0 aliphatic carbocycles. The van der Waals surface area contributed by atoms with E-state index < -0.39 is 0 Å². The molecule has 0 saturated heterocycles. The van der Waals surface area contributed by atoms with E-state index in [-0.39, 0.29) is 5.56 Å². The summed E-state index contributed by atoms with van der Waals surface area (Å²) in [6.45, 7) is 0. The van der Waals surface area contributed by atoms with Crippen LogP contribution in [0.3, 0.4) is 0 Å². The minimum Gasteiger partial charge on any atom is -0.457 e. The molecule has 0 aliphatic heterocycles. The number of fused-ring (bicyclic) bond motifs is 1. The molecular formula is C20H16N2O2. The number of hydrogen-bond donors (Lipinski definition) is 1. The maximum absolute atomic E-state index is 11.1. The SMILES string of the molecule is O=c1[nH]ncc2ccccc12.c1ccc(Oc2ccccc2)cc1. The molecule has 1 N–H and O–H groups in total. The van der Waals surface area contributed by atoms with Crippen LogP contribution >= 0.6 is 0 Å². The molecule has 118 valence electrons. The highest BCUT2D eigenvalue weighted by Crippen LogP contribution is 2.19. The van der Waals surface area contributed by atoms with Crippen molar-refractivity contribution in [3.63, 3.8) is 0 Å². The van der Waals surface area contributed by atoms with E-state index in [1.54, 1.807) is 12.3 Å². The normalized spacial score (nSPS) is 9.83. The first-order valence-corrected chi connectivity index (χ1v) is 7.53. The first-order chi connectivity index (χ1) is 11.8. The average Bonchev–Trinajstić information content (AvgIpc) is 2.65. The predicted octanol–water partition coefficient (Wildman–Crippen LogP) is 4.40. The molecule has 0 fully saturated rings. The molecule has 0 atom stereocenters. The van der Waals surface area contributed by atoms with Crippen LogP contribution in [0.25, 0.3) is 10.8 Å². The van der Waals surface area contributed by atoms with Gasteiger partial charge in [0.05, 0.1) is 6.20 Å². The van der Waals surface area contributed by atoms with Gasteiger partial charge in [-0.2, -0.15) is 5.10 Å². The van der Waals surface area contributed by atoms with Gasteiger partial charge in [-0.25, -0.2) is 5.10 Å². The number of aromatic nitrogens is 2. The Hall–Kier alpha value is -3.40. The maximum atomic E-state index is 11.1. The lowest BCUT2D eigenvalue weighted by atomic mass is 10.2. The van der Waals surface area contributed by atoms with E-state index in [2.05, 4.69) is 10.2 Å². The van der Waals surface area contributed by atoms with Crippen molar-refractivity contribution in [3.8, 4) is 11.5 Å². The number of ether oxygens (including phenoxy) is 1. The van der Waals surface area contributed by atoms with Crippen LogP contribution in [0.5, 0.6) is 11.5 Å².